The number of hydrogen-bond donors (Lipinski definition) is 1. The van der Waals surface area contributed by atoms with Crippen molar-refractivity contribution in [1.82, 2.24) is 0 Å². The Labute approximate surface area is 121 Å². The number of sulfone groups is 1. The first-order valence-corrected chi connectivity index (χ1v) is 8.91. The summed E-state index contributed by atoms with van der Waals surface area (Å²) in [6.45, 7) is 1.99. The predicted molar refractivity (Wildman–Crippen MR) is 81.0 cm³/mol. The molecule has 0 heterocycles. The maximum absolute atomic E-state index is 11.7. The van der Waals surface area contributed by atoms with Crippen LogP contribution in [0.1, 0.15) is 31.2 Å². The third-order valence-electron chi connectivity index (χ3n) is 3.98. The summed E-state index contributed by atoms with van der Waals surface area (Å²) < 4.78 is 28.8. The fourth-order valence-corrected chi connectivity index (χ4v) is 3.38. The molecule has 2 atom stereocenters. The number of benzene rings is 1. The van der Waals surface area contributed by atoms with E-state index in [1.165, 1.54) is 19.1 Å². The van der Waals surface area contributed by atoms with Crippen molar-refractivity contribution in [2.45, 2.75) is 49.6 Å². The maximum atomic E-state index is 11.7. The van der Waals surface area contributed by atoms with Crippen molar-refractivity contribution in [2.75, 3.05) is 18.7 Å². The first-order valence-electron chi connectivity index (χ1n) is 7.02. The molecular weight excluding hydrogens is 274 g/mol. The van der Waals surface area contributed by atoms with Gasteiger partial charge in [0.25, 0.3) is 0 Å². The van der Waals surface area contributed by atoms with Crippen molar-refractivity contribution in [1.29, 1.82) is 0 Å². The first kappa shape index (κ1) is 15.3. The van der Waals surface area contributed by atoms with Gasteiger partial charge >= 0.3 is 0 Å². The Balaban J connectivity index is 2.24. The van der Waals surface area contributed by atoms with Crippen LogP contribution in [0.25, 0.3) is 0 Å². The van der Waals surface area contributed by atoms with Gasteiger partial charge in [0.1, 0.15) is 0 Å². The lowest BCUT2D eigenvalue weighted by molar-refractivity contribution is 0.0606. The van der Waals surface area contributed by atoms with Crippen molar-refractivity contribution in [3.8, 4) is 0 Å². The molecule has 1 aromatic rings. The molecule has 4 nitrogen and oxygen atoms in total. The van der Waals surface area contributed by atoms with Crippen molar-refractivity contribution < 1.29 is 13.2 Å². The molecule has 20 heavy (non-hydrogen) atoms. The Kier molecular flexibility index (Phi) is 4.70. The summed E-state index contributed by atoms with van der Waals surface area (Å²) in [5.74, 6) is 0. The monoisotopic (exact) mass is 297 g/mol. The average molecular weight is 297 g/mol. The van der Waals surface area contributed by atoms with Crippen molar-refractivity contribution in [3.05, 3.63) is 23.8 Å². The lowest BCUT2D eigenvalue weighted by atomic mass is 9.92. The standard InChI is InChI=1S/C15H23NO3S/c1-11-8-9-12(20(3,17)18)10-14(11)16-13-6-4-5-7-15(13)19-2/h8-10,13,15-16H,4-7H2,1-3H3. The number of hydrogen-bond acceptors (Lipinski definition) is 4. The number of methoxy groups -OCH3 is 1. The van der Waals surface area contributed by atoms with Gasteiger partial charge in [-0.3, -0.25) is 0 Å². The molecule has 2 rings (SSSR count). The van der Waals surface area contributed by atoms with Gasteiger partial charge in [0.2, 0.25) is 0 Å². The molecule has 1 aliphatic rings. The highest BCUT2D eigenvalue weighted by Gasteiger charge is 2.25. The summed E-state index contributed by atoms with van der Waals surface area (Å²) in [7, 11) is -1.43. The largest absolute Gasteiger partial charge is 0.379 e. The van der Waals surface area contributed by atoms with Crippen LogP contribution in [-0.4, -0.2) is 33.9 Å². The van der Waals surface area contributed by atoms with Gasteiger partial charge in [0, 0.05) is 19.1 Å². The molecule has 0 aliphatic heterocycles. The molecular formula is C15H23NO3S. The van der Waals surface area contributed by atoms with E-state index in [0.717, 1.165) is 24.1 Å². The quantitative estimate of drug-likeness (QED) is 0.928. The highest BCUT2D eigenvalue weighted by Crippen LogP contribution is 2.27. The molecule has 2 unspecified atom stereocenters. The Bertz CT molecular complexity index is 568. The predicted octanol–water partition coefficient (Wildman–Crippen LogP) is 2.77. The molecule has 112 valence electrons. The first-order chi connectivity index (χ1) is 9.41. The van der Waals surface area contributed by atoms with Crippen LogP contribution < -0.4 is 5.32 Å². The molecule has 1 fully saturated rings. The zero-order valence-corrected chi connectivity index (χ0v) is 13.2. The van der Waals surface area contributed by atoms with Gasteiger partial charge < -0.3 is 10.1 Å². The molecule has 0 bridgehead atoms. The molecule has 0 saturated heterocycles. The van der Waals surface area contributed by atoms with Gasteiger partial charge in [-0.25, -0.2) is 8.42 Å². The zero-order chi connectivity index (χ0) is 14.8. The van der Waals surface area contributed by atoms with Crippen LogP contribution in [0.2, 0.25) is 0 Å². The van der Waals surface area contributed by atoms with Gasteiger partial charge in [-0.1, -0.05) is 18.9 Å². The number of ether oxygens (including phenoxy) is 1. The smallest absolute Gasteiger partial charge is 0.175 e. The zero-order valence-electron chi connectivity index (χ0n) is 12.3. The lowest BCUT2D eigenvalue weighted by Gasteiger charge is -2.32. The summed E-state index contributed by atoms with van der Waals surface area (Å²) >= 11 is 0. The maximum Gasteiger partial charge on any atom is 0.175 e. The van der Waals surface area contributed by atoms with E-state index in [-0.39, 0.29) is 12.1 Å². The fourth-order valence-electron chi connectivity index (χ4n) is 2.73. The lowest BCUT2D eigenvalue weighted by Crippen LogP contribution is -2.38. The molecule has 0 spiro atoms. The Morgan fingerprint density at radius 3 is 2.60 bits per heavy atom. The van der Waals surface area contributed by atoms with Crippen LogP contribution in [0.4, 0.5) is 5.69 Å². The third-order valence-corrected chi connectivity index (χ3v) is 5.09. The van der Waals surface area contributed by atoms with E-state index in [9.17, 15) is 8.42 Å². The minimum atomic E-state index is -3.17. The van der Waals surface area contributed by atoms with E-state index >= 15 is 0 Å². The van der Waals surface area contributed by atoms with Crippen molar-refractivity contribution in [2.24, 2.45) is 0 Å². The minimum absolute atomic E-state index is 0.199. The number of aryl methyl sites for hydroxylation is 1. The minimum Gasteiger partial charge on any atom is -0.379 e. The van der Waals surface area contributed by atoms with Crippen molar-refractivity contribution in [3.63, 3.8) is 0 Å². The third kappa shape index (κ3) is 3.52. The second-order valence-corrected chi connectivity index (χ2v) is 7.57. The molecule has 5 heteroatoms. The van der Waals surface area contributed by atoms with Crippen molar-refractivity contribution >= 4 is 15.5 Å². The van der Waals surface area contributed by atoms with Gasteiger partial charge in [-0.2, -0.15) is 0 Å². The SMILES string of the molecule is COC1CCCCC1Nc1cc(S(C)(=O)=O)ccc1C. The molecule has 0 amide bonds. The van der Waals surface area contributed by atoms with E-state index < -0.39 is 9.84 Å². The molecule has 1 aromatic carbocycles. The number of anilines is 1. The van der Waals surface area contributed by atoms with E-state index in [1.807, 2.05) is 13.0 Å². The average Bonchev–Trinajstić information content (AvgIpc) is 2.40. The summed E-state index contributed by atoms with van der Waals surface area (Å²) in [5, 5.41) is 3.47. The van der Waals surface area contributed by atoms with Crippen LogP contribution in [0.15, 0.2) is 23.1 Å². The Morgan fingerprint density at radius 2 is 1.95 bits per heavy atom. The van der Waals surface area contributed by atoms with Crippen LogP contribution in [0.3, 0.4) is 0 Å². The molecule has 0 aromatic heterocycles. The second-order valence-electron chi connectivity index (χ2n) is 5.56. The normalized spacial score (nSPS) is 23.6. The molecule has 1 aliphatic carbocycles. The topological polar surface area (TPSA) is 55.4 Å². The van der Waals surface area contributed by atoms with E-state index in [4.69, 9.17) is 4.74 Å². The second kappa shape index (κ2) is 6.14. The van der Waals surface area contributed by atoms with Crippen LogP contribution in [0.5, 0.6) is 0 Å². The van der Waals surface area contributed by atoms with Gasteiger partial charge in [0.05, 0.1) is 17.0 Å². The van der Waals surface area contributed by atoms with E-state index in [0.29, 0.717) is 4.90 Å². The van der Waals surface area contributed by atoms with Gasteiger partial charge in [0.15, 0.2) is 9.84 Å². The fraction of sp³-hybridized carbons (Fsp3) is 0.600. The van der Waals surface area contributed by atoms with Gasteiger partial charge in [-0.05, 0) is 37.5 Å². The van der Waals surface area contributed by atoms with Crippen LogP contribution in [-0.2, 0) is 14.6 Å². The molecule has 0 radical (unpaired) electrons. The van der Waals surface area contributed by atoms with E-state index in [2.05, 4.69) is 5.32 Å². The molecule has 1 saturated carbocycles. The summed E-state index contributed by atoms with van der Waals surface area (Å²) in [6.07, 6.45) is 5.92. The highest BCUT2D eigenvalue weighted by atomic mass is 32.2. The Morgan fingerprint density at radius 1 is 1.25 bits per heavy atom. The van der Waals surface area contributed by atoms with Crippen LogP contribution in [0, 0.1) is 6.92 Å². The molecule has 1 N–H and O–H groups in total. The highest BCUT2D eigenvalue weighted by molar-refractivity contribution is 7.90. The Hall–Kier alpha value is -1.07. The van der Waals surface area contributed by atoms with E-state index in [1.54, 1.807) is 19.2 Å². The number of rotatable bonds is 4. The number of nitrogens with one attached hydrogen (secondary N) is 1. The van der Waals surface area contributed by atoms with Crippen LogP contribution >= 0.6 is 0 Å². The van der Waals surface area contributed by atoms with Gasteiger partial charge in [-0.15, -0.1) is 0 Å². The summed E-state index contributed by atoms with van der Waals surface area (Å²) in [5.41, 5.74) is 1.94. The summed E-state index contributed by atoms with van der Waals surface area (Å²) in [4.78, 5) is 0.357. The summed E-state index contributed by atoms with van der Waals surface area (Å²) in [6, 6.07) is 5.49.